The number of nitrogens with zero attached hydrogens (tertiary/aromatic N) is 3. The summed E-state index contributed by atoms with van der Waals surface area (Å²) in [6.07, 6.45) is 3.62. The maximum Gasteiger partial charge on any atom is 0.293 e. The maximum atomic E-state index is 12.7. The number of benzene rings is 1. The van der Waals surface area contributed by atoms with Crippen molar-refractivity contribution in [2.45, 2.75) is 38.6 Å². The van der Waals surface area contributed by atoms with Gasteiger partial charge in [-0.05, 0) is 43.7 Å². The Labute approximate surface area is 160 Å². The number of carbonyl (C=O) groups is 1. The Morgan fingerprint density at radius 3 is 2.35 bits per heavy atom. The zero-order valence-corrected chi connectivity index (χ0v) is 15.9. The van der Waals surface area contributed by atoms with E-state index in [1.807, 2.05) is 0 Å². The van der Waals surface area contributed by atoms with Gasteiger partial charge in [-0.1, -0.05) is 6.92 Å². The lowest BCUT2D eigenvalue weighted by Gasteiger charge is -2.32. The van der Waals surface area contributed by atoms with Crippen LogP contribution >= 0.6 is 12.4 Å². The van der Waals surface area contributed by atoms with Crippen LogP contribution in [0.4, 0.5) is 11.4 Å². The van der Waals surface area contributed by atoms with E-state index >= 15 is 0 Å². The Balaban J connectivity index is 0.00000243. The molecular weight excluding hydrogens is 356 g/mol. The van der Waals surface area contributed by atoms with Crippen LogP contribution in [-0.2, 0) is 0 Å². The molecule has 2 heterocycles. The predicted octanol–water partition coefficient (Wildman–Crippen LogP) is 2.82. The summed E-state index contributed by atoms with van der Waals surface area (Å²) in [4.78, 5) is 27.6. The molecule has 3 rings (SSSR count). The number of hydrogen-bond donors (Lipinski definition) is 1. The van der Waals surface area contributed by atoms with Gasteiger partial charge in [0.2, 0.25) is 0 Å². The minimum Gasteiger partial charge on any atom is -0.366 e. The van der Waals surface area contributed by atoms with Gasteiger partial charge in [0.15, 0.2) is 0 Å². The van der Waals surface area contributed by atoms with Crippen LogP contribution in [-0.4, -0.2) is 48.0 Å². The second-order valence-electron chi connectivity index (χ2n) is 7.26. The fourth-order valence-corrected chi connectivity index (χ4v) is 3.60. The minimum atomic E-state index is -0.379. The van der Waals surface area contributed by atoms with E-state index in [1.54, 1.807) is 17.0 Å². The van der Waals surface area contributed by atoms with Crippen molar-refractivity contribution < 1.29 is 9.72 Å². The van der Waals surface area contributed by atoms with Crippen molar-refractivity contribution in [3.05, 3.63) is 33.9 Å². The summed E-state index contributed by atoms with van der Waals surface area (Å²) in [7, 11) is 0. The molecule has 0 aromatic heterocycles. The van der Waals surface area contributed by atoms with E-state index in [0.717, 1.165) is 38.8 Å². The van der Waals surface area contributed by atoms with Crippen LogP contribution in [0, 0.1) is 16.0 Å². The highest BCUT2D eigenvalue weighted by atomic mass is 35.5. The number of piperidine rings is 2. The van der Waals surface area contributed by atoms with Crippen LogP contribution in [0.3, 0.4) is 0 Å². The summed E-state index contributed by atoms with van der Waals surface area (Å²) >= 11 is 0. The number of nitro benzene ring substituents is 1. The fraction of sp³-hybridized carbons (Fsp3) is 0.611. The van der Waals surface area contributed by atoms with Crippen LogP contribution in [0.2, 0.25) is 0 Å². The normalized spacial score (nSPS) is 19.2. The van der Waals surface area contributed by atoms with Gasteiger partial charge >= 0.3 is 0 Å². The van der Waals surface area contributed by atoms with Crippen molar-refractivity contribution in [3.8, 4) is 0 Å². The fourth-order valence-electron chi connectivity index (χ4n) is 3.60. The molecule has 144 valence electrons. The third-order valence-corrected chi connectivity index (χ3v) is 5.37. The molecule has 7 nitrogen and oxygen atoms in total. The number of carbonyl (C=O) groups excluding carboxylic acids is 1. The number of likely N-dealkylation sites (tertiary alicyclic amines) is 1. The molecule has 1 aromatic carbocycles. The molecule has 2 saturated heterocycles. The lowest BCUT2D eigenvalue weighted by atomic mass is 9.98. The average Bonchev–Trinajstić information content (AvgIpc) is 2.62. The molecule has 0 bridgehead atoms. The van der Waals surface area contributed by atoms with Crippen molar-refractivity contribution in [2.24, 2.45) is 11.7 Å². The van der Waals surface area contributed by atoms with Gasteiger partial charge < -0.3 is 15.5 Å². The second kappa shape index (κ2) is 8.68. The van der Waals surface area contributed by atoms with Gasteiger partial charge in [-0.25, -0.2) is 0 Å². The number of halogens is 1. The van der Waals surface area contributed by atoms with Crippen molar-refractivity contribution in [1.29, 1.82) is 0 Å². The maximum absolute atomic E-state index is 12.7. The van der Waals surface area contributed by atoms with Gasteiger partial charge in [-0.15, -0.1) is 12.4 Å². The second-order valence-corrected chi connectivity index (χ2v) is 7.26. The van der Waals surface area contributed by atoms with Crippen LogP contribution < -0.4 is 10.6 Å². The highest BCUT2D eigenvalue weighted by molar-refractivity contribution is 5.96. The van der Waals surface area contributed by atoms with E-state index < -0.39 is 0 Å². The zero-order valence-electron chi connectivity index (χ0n) is 15.1. The van der Waals surface area contributed by atoms with Gasteiger partial charge in [-0.3, -0.25) is 14.9 Å². The van der Waals surface area contributed by atoms with Crippen LogP contribution in [0.25, 0.3) is 0 Å². The summed E-state index contributed by atoms with van der Waals surface area (Å²) in [5.41, 5.74) is 6.91. The Kier molecular flexibility index (Phi) is 6.83. The largest absolute Gasteiger partial charge is 0.366 e. The molecule has 26 heavy (non-hydrogen) atoms. The summed E-state index contributed by atoms with van der Waals surface area (Å²) < 4.78 is 0. The van der Waals surface area contributed by atoms with E-state index in [-0.39, 0.29) is 35.0 Å². The lowest BCUT2D eigenvalue weighted by molar-refractivity contribution is -0.384. The lowest BCUT2D eigenvalue weighted by Crippen LogP contribution is -2.42. The van der Waals surface area contributed by atoms with E-state index in [1.165, 1.54) is 6.07 Å². The molecule has 0 saturated carbocycles. The summed E-state index contributed by atoms with van der Waals surface area (Å²) in [5.74, 6) is 0.510. The molecule has 2 aliphatic heterocycles. The van der Waals surface area contributed by atoms with E-state index in [4.69, 9.17) is 5.73 Å². The number of rotatable bonds is 3. The number of nitro groups is 1. The Morgan fingerprint density at radius 1 is 1.15 bits per heavy atom. The molecule has 1 aromatic rings. The highest BCUT2D eigenvalue weighted by Crippen LogP contribution is 2.32. The predicted molar refractivity (Wildman–Crippen MR) is 104 cm³/mol. The van der Waals surface area contributed by atoms with Crippen molar-refractivity contribution in [3.63, 3.8) is 0 Å². The molecule has 2 N–H and O–H groups in total. The van der Waals surface area contributed by atoms with Gasteiger partial charge in [0.05, 0.1) is 4.92 Å². The smallest absolute Gasteiger partial charge is 0.293 e. The SMILES string of the molecule is CC1CCN(c2ccc(C(=O)N3CCC(N)CC3)cc2[N+](=O)[O-])CC1.Cl. The molecular formula is C18H27ClN4O3. The first-order valence-electron chi connectivity index (χ1n) is 9.04. The van der Waals surface area contributed by atoms with Gasteiger partial charge in [-0.2, -0.15) is 0 Å². The summed E-state index contributed by atoms with van der Waals surface area (Å²) in [6.45, 7) is 5.07. The van der Waals surface area contributed by atoms with Gasteiger partial charge in [0.1, 0.15) is 5.69 Å². The third kappa shape index (κ3) is 4.45. The van der Waals surface area contributed by atoms with Crippen LogP contribution in [0.5, 0.6) is 0 Å². The van der Waals surface area contributed by atoms with Crippen LogP contribution in [0.15, 0.2) is 18.2 Å². The van der Waals surface area contributed by atoms with Crippen LogP contribution in [0.1, 0.15) is 43.0 Å². The molecule has 0 atom stereocenters. The first-order chi connectivity index (χ1) is 12.0. The quantitative estimate of drug-likeness (QED) is 0.640. The highest BCUT2D eigenvalue weighted by Gasteiger charge is 2.27. The number of nitrogens with two attached hydrogens (primary N) is 1. The number of hydrogen-bond acceptors (Lipinski definition) is 5. The summed E-state index contributed by atoms with van der Waals surface area (Å²) in [5, 5.41) is 11.6. The Bertz CT molecular complexity index is 654. The molecule has 0 aliphatic carbocycles. The summed E-state index contributed by atoms with van der Waals surface area (Å²) in [6, 6.07) is 5.03. The first kappa shape index (κ1) is 20.5. The molecule has 8 heteroatoms. The van der Waals surface area contributed by atoms with Crippen molar-refractivity contribution >= 4 is 29.7 Å². The zero-order chi connectivity index (χ0) is 18.0. The van der Waals surface area contributed by atoms with E-state index in [0.29, 0.717) is 30.3 Å². The van der Waals surface area contributed by atoms with E-state index in [9.17, 15) is 14.9 Å². The van der Waals surface area contributed by atoms with Gasteiger partial charge in [0, 0.05) is 43.9 Å². The molecule has 0 unspecified atom stereocenters. The average molecular weight is 383 g/mol. The number of anilines is 1. The Hall–Kier alpha value is -1.86. The molecule has 2 fully saturated rings. The Morgan fingerprint density at radius 2 is 1.77 bits per heavy atom. The molecule has 1 amide bonds. The number of amides is 1. The molecule has 0 radical (unpaired) electrons. The van der Waals surface area contributed by atoms with Gasteiger partial charge in [0.25, 0.3) is 11.6 Å². The third-order valence-electron chi connectivity index (χ3n) is 5.37. The minimum absolute atomic E-state index is 0. The standard InChI is InChI=1S/C18H26N4O3.ClH/c1-13-4-8-20(9-5-13)16-3-2-14(12-17(16)22(24)25)18(23)21-10-6-15(19)7-11-21;/h2-3,12-13,15H,4-11,19H2,1H3;1H. The van der Waals surface area contributed by atoms with Crippen molar-refractivity contribution in [2.75, 3.05) is 31.1 Å². The first-order valence-corrected chi connectivity index (χ1v) is 9.04. The molecule has 0 spiro atoms. The van der Waals surface area contributed by atoms with E-state index in [2.05, 4.69) is 11.8 Å². The van der Waals surface area contributed by atoms with Crippen molar-refractivity contribution in [1.82, 2.24) is 4.90 Å². The molecule has 2 aliphatic rings. The monoisotopic (exact) mass is 382 g/mol. The topological polar surface area (TPSA) is 92.7 Å².